The number of hydrogen-bond acceptors (Lipinski definition) is 2. The van der Waals surface area contributed by atoms with Crippen LogP contribution in [0.15, 0.2) is 24.3 Å². The van der Waals surface area contributed by atoms with Crippen molar-refractivity contribution >= 4 is 17.5 Å². The molecule has 0 aliphatic carbocycles. The highest BCUT2D eigenvalue weighted by Crippen LogP contribution is 2.24. The summed E-state index contributed by atoms with van der Waals surface area (Å²) in [5.74, 6) is 1.62. The molecule has 1 fully saturated rings. The van der Waals surface area contributed by atoms with Crippen LogP contribution in [0.1, 0.15) is 33.6 Å². The van der Waals surface area contributed by atoms with Crippen LogP contribution in [0.3, 0.4) is 0 Å². The molecule has 0 unspecified atom stereocenters. The predicted octanol–water partition coefficient (Wildman–Crippen LogP) is 4.00. The van der Waals surface area contributed by atoms with E-state index in [4.69, 9.17) is 16.3 Å². The van der Waals surface area contributed by atoms with Crippen molar-refractivity contribution in [3.8, 4) is 5.75 Å². The lowest BCUT2D eigenvalue weighted by atomic mass is 9.91. The first kappa shape index (κ1) is 16.2. The van der Waals surface area contributed by atoms with Crippen molar-refractivity contribution in [3.05, 3.63) is 29.3 Å². The van der Waals surface area contributed by atoms with Gasteiger partial charge in [0.15, 0.2) is 0 Å². The minimum absolute atomic E-state index is 0.250. The molecular formula is C17H24ClNO2. The first-order chi connectivity index (χ1) is 9.86. The number of halogens is 1. The fraction of sp³-hybridized carbons (Fsp3) is 0.588. The van der Waals surface area contributed by atoms with Crippen LogP contribution in [0.5, 0.6) is 5.75 Å². The van der Waals surface area contributed by atoms with Gasteiger partial charge in [-0.05, 0) is 43.0 Å². The Bertz CT molecular complexity index is 471. The second-order valence-electron chi connectivity index (χ2n) is 6.75. The number of nitrogens with zero attached hydrogens (tertiary/aromatic N) is 1. The monoisotopic (exact) mass is 309 g/mol. The van der Waals surface area contributed by atoms with Crippen molar-refractivity contribution in [1.82, 2.24) is 4.90 Å². The van der Waals surface area contributed by atoms with Crippen molar-refractivity contribution in [1.29, 1.82) is 0 Å². The number of rotatable bonds is 3. The third-order valence-corrected chi connectivity index (χ3v) is 4.09. The van der Waals surface area contributed by atoms with Gasteiger partial charge in [0.2, 0.25) is 5.91 Å². The molecule has 1 saturated heterocycles. The van der Waals surface area contributed by atoms with Crippen molar-refractivity contribution in [2.75, 3.05) is 19.7 Å². The number of amides is 1. The Morgan fingerprint density at radius 3 is 2.33 bits per heavy atom. The van der Waals surface area contributed by atoms with Gasteiger partial charge in [0.05, 0.1) is 6.61 Å². The van der Waals surface area contributed by atoms with E-state index in [0.717, 1.165) is 36.7 Å². The fourth-order valence-electron chi connectivity index (χ4n) is 2.52. The summed E-state index contributed by atoms with van der Waals surface area (Å²) in [5.41, 5.74) is -0.285. The van der Waals surface area contributed by atoms with Crippen LogP contribution in [-0.2, 0) is 4.79 Å². The summed E-state index contributed by atoms with van der Waals surface area (Å²) in [7, 11) is 0. The highest BCUT2D eigenvalue weighted by atomic mass is 35.5. The predicted molar refractivity (Wildman–Crippen MR) is 85.7 cm³/mol. The van der Waals surface area contributed by atoms with Gasteiger partial charge in [-0.25, -0.2) is 0 Å². The van der Waals surface area contributed by atoms with Gasteiger partial charge < -0.3 is 9.64 Å². The van der Waals surface area contributed by atoms with E-state index in [1.165, 1.54) is 0 Å². The zero-order valence-electron chi connectivity index (χ0n) is 13.1. The number of carbonyl (C=O) groups excluding carboxylic acids is 1. The second kappa shape index (κ2) is 6.69. The summed E-state index contributed by atoms with van der Waals surface area (Å²) in [4.78, 5) is 14.2. The summed E-state index contributed by atoms with van der Waals surface area (Å²) in [5, 5.41) is 0.719. The molecular weight excluding hydrogens is 286 g/mol. The topological polar surface area (TPSA) is 29.5 Å². The summed E-state index contributed by atoms with van der Waals surface area (Å²) >= 11 is 5.85. The number of ether oxygens (including phenoxy) is 1. The van der Waals surface area contributed by atoms with Crippen molar-refractivity contribution in [2.45, 2.75) is 33.6 Å². The molecule has 1 heterocycles. The van der Waals surface area contributed by atoms with E-state index in [1.807, 2.05) is 49.9 Å². The molecule has 116 valence electrons. The molecule has 0 saturated carbocycles. The molecule has 1 amide bonds. The lowest BCUT2D eigenvalue weighted by Crippen LogP contribution is -2.44. The maximum Gasteiger partial charge on any atom is 0.227 e. The van der Waals surface area contributed by atoms with Crippen LogP contribution in [0.4, 0.5) is 0 Å². The summed E-state index contributed by atoms with van der Waals surface area (Å²) in [6, 6.07) is 7.45. The average Bonchev–Trinajstić information content (AvgIpc) is 2.45. The van der Waals surface area contributed by atoms with E-state index in [1.54, 1.807) is 0 Å². The fourth-order valence-corrected chi connectivity index (χ4v) is 2.65. The van der Waals surface area contributed by atoms with E-state index in [2.05, 4.69) is 0 Å². The van der Waals surface area contributed by atoms with Crippen LogP contribution < -0.4 is 4.74 Å². The molecule has 1 aliphatic rings. The number of benzene rings is 1. The standard InChI is InChI=1S/C17H24ClNO2/c1-17(2,3)16(20)19-10-8-13(9-11-19)12-21-15-6-4-14(18)5-7-15/h4-7,13H,8-12H2,1-3H3. The molecule has 0 radical (unpaired) electrons. The van der Waals surface area contributed by atoms with E-state index < -0.39 is 0 Å². The van der Waals surface area contributed by atoms with Crippen LogP contribution in [0, 0.1) is 11.3 Å². The number of hydrogen-bond donors (Lipinski definition) is 0. The summed E-state index contributed by atoms with van der Waals surface area (Å²) in [6.07, 6.45) is 2.02. The Labute approximate surface area is 132 Å². The Morgan fingerprint density at radius 2 is 1.81 bits per heavy atom. The smallest absolute Gasteiger partial charge is 0.227 e. The molecule has 3 nitrogen and oxygen atoms in total. The first-order valence-corrected chi connectivity index (χ1v) is 7.92. The van der Waals surface area contributed by atoms with E-state index in [9.17, 15) is 4.79 Å². The van der Waals surface area contributed by atoms with Gasteiger partial charge in [-0.2, -0.15) is 0 Å². The number of piperidine rings is 1. The van der Waals surface area contributed by atoms with Crippen LogP contribution in [0.25, 0.3) is 0 Å². The SMILES string of the molecule is CC(C)(C)C(=O)N1CCC(COc2ccc(Cl)cc2)CC1. The van der Waals surface area contributed by atoms with E-state index >= 15 is 0 Å². The average molecular weight is 310 g/mol. The molecule has 1 aromatic carbocycles. The maximum absolute atomic E-state index is 12.2. The molecule has 0 spiro atoms. The largest absolute Gasteiger partial charge is 0.493 e. The van der Waals surface area contributed by atoms with Crippen LogP contribution in [-0.4, -0.2) is 30.5 Å². The highest BCUT2D eigenvalue weighted by Gasteiger charge is 2.30. The van der Waals surface area contributed by atoms with Gasteiger partial charge >= 0.3 is 0 Å². The Balaban J connectivity index is 1.77. The number of likely N-dealkylation sites (tertiary alicyclic amines) is 1. The van der Waals surface area contributed by atoms with Gasteiger partial charge in [-0.1, -0.05) is 32.4 Å². The molecule has 0 atom stereocenters. The second-order valence-corrected chi connectivity index (χ2v) is 7.19. The van der Waals surface area contributed by atoms with E-state index in [-0.39, 0.29) is 11.3 Å². The third-order valence-electron chi connectivity index (χ3n) is 3.84. The summed E-state index contributed by atoms with van der Waals surface area (Å²) in [6.45, 7) is 8.32. The molecule has 21 heavy (non-hydrogen) atoms. The minimum Gasteiger partial charge on any atom is -0.493 e. The normalized spacial score (nSPS) is 16.9. The lowest BCUT2D eigenvalue weighted by molar-refractivity contribution is -0.141. The Morgan fingerprint density at radius 1 is 1.24 bits per heavy atom. The van der Waals surface area contributed by atoms with Gasteiger partial charge in [0.1, 0.15) is 5.75 Å². The molecule has 1 aliphatic heterocycles. The molecule has 0 N–H and O–H groups in total. The van der Waals surface area contributed by atoms with Crippen molar-refractivity contribution < 1.29 is 9.53 Å². The summed E-state index contributed by atoms with van der Waals surface area (Å²) < 4.78 is 5.80. The Hall–Kier alpha value is -1.22. The van der Waals surface area contributed by atoms with Gasteiger partial charge in [0.25, 0.3) is 0 Å². The Kier molecular flexibility index (Phi) is 5.15. The zero-order valence-corrected chi connectivity index (χ0v) is 13.8. The first-order valence-electron chi connectivity index (χ1n) is 7.54. The maximum atomic E-state index is 12.2. The van der Waals surface area contributed by atoms with Crippen molar-refractivity contribution in [3.63, 3.8) is 0 Å². The van der Waals surface area contributed by atoms with Crippen LogP contribution in [0.2, 0.25) is 5.02 Å². The minimum atomic E-state index is -0.285. The van der Waals surface area contributed by atoms with Crippen molar-refractivity contribution in [2.24, 2.45) is 11.3 Å². The lowest BCUT2D eigenvalue weighted by Gasteiger charge is -2.35. The zero-order chi connectivity index (χ0) is 15.5. The van der Waals surface area contributed by atoms with Gasteiger partial charge in [-0.15, -0.1) is 0 Å². The van der Waals surface area contributed by atoms with E-state index in [0.29, 0.717) is 12.5 Å². The van der Waals surface area contributed by atoms with Crippen LogP contribution >= 0.6 is 11.6 Å². The molecule has 1 aromatic rings. The number of carbonyl (C=O) groups is 1. The molecule has 4 heteroatoms. The quantitative estimate of drug-likeness (QED) is 0.844. The third kappa shape index (κ3) is 4.63. The van der Waals surface area contributed by atoms with Gasteiger partial charge in [-0.3, -0.25) is 4.79 Å². The molecule has 0 bridgehead atoms. The van der Waals surface area contributed by atoms with Gasteiger partial charge in [0, 0.05) is 23.5 Å². The highest BCUT2D eigenvalue weighted by molar-refractivity contribution is 6.30. The molecule has 0 aromatic heterocycles. The molecule has 2 rings (SSSR count).